The number of hydrogen-bond acceptors (Lipinski definition) is 5. The normalized spacial score (nSPS) is 27.1. The van der Waals surface area contributed by atoms with Crippen molar-refractivity contribution in [1.29, 1.82) is 0 Å². The fraction of sp³-hybridized carbons (Fsp3) is 0.600. The van der Waals surface area contributed by atoms with Crippen LogP contribution in [0.1, 0.15) is 27.7 Å². The molecule has 1 atom stereocenters. The maximum absolute atomic E-state index is 11.6. The quantitative estimate of drug-likeness (QED) is 0.792. The van der Waals surface area contributed by atoms with E-state index < -0.39 is 28.3 Å². The highest BCUT2D eigenvalue weighted by molar-refractivity contribution is 8.29. The van der Waals surface area contributed by atoms with Gasteiger partial charge in [-0.2, -0.15) is 0 Å². The number of carbonyl (C=O) groups is 2. The van der Waals surface area contributed by atoms with Gasteiger partial charge in [-0.05, 0) is 20.8 Å². The predicted octanol–water partition coefficient (Wildman–Crippen LogP) is 1.74. The molecule has 0 aromatic heterocycles. The molecule has 6 nitrogen and oxygen atoms in total. The number of nitrogens with one attached hydrogen (secondary N) is 2. The summed E-state index contributed by atoms with van der Waals surface area (Å²) < 4.78 is 15.7. The highest BCUT2D eigenvalue weighted by Gasteiger charge is 2.31. The Labute approximate surface area is 103 Å². The first-order valence-corrected chi connectivity index (χ1v) is 6.80. The van der Waals surface area contributed by atoms with Crippen LogP contribution in [0.3, 0.4) is 0 Å². The van der Waals surface area contributed by atoms with Crippen molar-refractivity contribution in [2.45, 2.75) is 33.3 Å². The van der Waals surface area contributed by atoms with Gasteiger partial charge in [0.1, 0.15) is 5.60 Å². The van der Waals surface area contributed by atoms with E-state index in [0.29, 0.717) is 6.54 Å². The van der Waals surface area contributed by atoms with Gasteiger partial charge in [0.15, 0.2) is 0 Å². The van der Waals surface area contributed by atoms with Crippen LogP contribution >= 0.6 is 10.7 Å². The van der Waals surface area contributed by atoms with Gasteiger partial charge < -0.3 is 8.92 Å². The molecule has 7 heteroatoms. The summed E-state index contributed by atoms with van der Waals surface area (Å²) in [7, 11) is -2.24. The van der Waals surface area contributed by atoms with Crippen molar-refractivity contribution in [2.75, 3.05) is 6.54 Å². The van der Waals surface area contributed by atoms with Crippen LogP contribution in [0, 0.1) is 0 Å². The van der Waals surface area contributed by atoms with E-state index in [1.165, 1.54) is 6.92 Å². The number of hydrogen-bond donors (Lipinski definition) is 2. The monoisotopic (exact) mass is 262 g/mol. The summed E-state index contributed by atoms with van der Waals surface area (Å²) in [5.41, 5.74) is -0.594. The van der Waals surface area contributed by atoms with Gasteiger partial charge in [-0.1, -0.05) is 6.08 Å². The summed E-state index contributed by atoms with van der Waals surface area (Å²) in [5, 5.41) is 1.65. The molecule has 0 aromatic rings. The molecule has 2 N–H and O–H groups in total. The molecule has 0 saturated carbocycles. The summed E-state index contributed by atoms with van der Waals surface area (Å²) in [6.45, 7) is 7.12. The zero-order valence-electron chi connectivity index (χ0n) is 10.4. The minimum Gasteiger partial charge on any atom is -0.443 e. The smallest absolute Gasteiger partial charge is 0.419 e. The maximum Gasteiger partial charge on any atom is 0.419 e. The second-order valence-corrected chi connectivity index (χ2v) is 6.63. The third-order valence-corrected chi connectivity index (χ3v) is 3.72. The Morgan fingerprint density at radius 1 is 1.41 bits per heavy atom. The molecular formula is C10H18N2O4S. The molecule has 1 rings (SSSR count). The van der Waals surface area contributed by atoms with Crippen LogP contribution in [0.5, 0.6) is 0 Å². The van der Waals surface area contributed by atoms with E-state index in [-0.39, 0.29) is 0 Å². The molecule has 0 spiro atoms. The number of rotatable bonds is 2. The zero-order chi connectivity index (χ0) is 13.1. The van der Waals surface area contributed by atoms with Gasteiger partial charge in [-0.25, -0.2) is 14.2 Å². The van der Waals surface area contributed by atoms with Gasteiger partial charge in [0.25, 0.3) is 0 Å². The second-order valence-electron chi connectivity index (χ2n) is 4.50. The SMILES string of the molecule is CC(=O)OS1(NC(=O)OC(C)(C)C)C=CCN1. The van der Waals surface area contributed by atoms with Crippen LogP contribution in [-0.4, -0.2) is 24.2 Å². The van der Waals surface area contributed by atoms with Crippen LogP contribution in [0.25, 0.3) is 0 Å². The van der Waals surface area contributed by atoms with Crippen LogP contribution < -0.4 is 9.44 Å². The molecule has 1 aliphatic rings. The summed E-state index contributed by atoms with van der Waals surface area (Å²) in [4.78, 5) is 22.6. The molecule has 1 heterocycles. The lowest BCUT2D eigenvalue weighted by Crippen LogP contribution is -2.39. The summed E-state index contributed by atoms with van der Waals surface area (Å²) >= 11 is 0. The Bertz CT molecular complexity index is 351. The van der Waals surface area contributed by atoms with Crippen molar-refractivity contribution >= 4 is 22.7 Å². The average Bonchev–Trinajstić information content (AvgIpc) is 2.47. The molecule has 1 aliphatic heterocycles. The molecule has 0 saturated heterocycles. The summed E-state index contributed by atoms with van der Waals surface area (Å²) in [5.74, 6) is -0.463. The molecule has 1 unspecified atom stereocenters. The molecule has 0 aliphatic carbocycles. The number of carbonyl (C=O) groups excluding carboxylic acids is 2. The minimum atomic E-state index is -2.24. The van der Waals surface area contributed by atoms with Crippen molar-refractivity contribution < 1.29 is 18.5 Å². The Balaban J connectivity index is 2.65. The molecule has 17 heavy (non-hydrogen) atoms. The van der Waals surface area contributed by atoms with E-state index >= 15 is 0 Å². The Kier molecular flexibility index (Phi) is 4.05. The van der Waals surface area contributed by atoms with Crippen molar-refractivity contribution in [2.24, 2.45) is 0 Å². The van der Waals surface area contributed by atoms with Crippen molar-refractivity contribution in [3.05, 3.63) is 11.5 Å². The second kappa shape index (κ2) is 4.97. The van der Waals surface area contributed by atoms with Crippen LogP contribution in [0.15, 0.2) is 11.5 Å². The molecule has 0 aromatic carbocycles. The lowest BCUT2D eigenvalue weighted by molar-refractivity contribution is -0.131. The Morgan fingerprint density at radius 3 is 2.47 bits per heavy atom. The first-order chi connectivity index (χ1) is 7.72. The minimum absolute atomic E-state index is 0.463. The Morgan fingerprint density at radius 2 is 2.06 bits per heavy atom. The molecule has 0 fully saturated rings. The molecule has 0 radical (unpaired) electrons. The highest BCUT2D eigenvalue weighted by Crippen LogP contribution is 2.45. The molecular weight excluding hydrogens is 244 g/mol. The van der Waals surface area contributed by atoms with Gasteiger partial charge in [-0.3, -0.25) is 4.79 Å². The Hall–Kier alpha value is -1.21. The van der Waals surface area contributed by atoms with E-state index in [0.717, 1.165) is 0 Å². The van der Waals surface area contributed by atoms with E-state index in [2.05, 4.69) is 9.44 Å². The van der Waals surface area contributed by atoms with Crippen LogP contribution in [-0.2, 0) is 13.7 Å². The first kappa shape index (κ1) is 13.9. The van der Waals surface area contributed by atoms with Crippen molar-refractivity contribution in [3.8, 4) is 0 Å². The van der Waals surface area contributed by atoms with Gasteiger partial charge in [0.2, 0.25) is 0 Å². The fourth-order valence-electron chi connectivity index (χ4n) is 1.16. The standard InChI is InChI=1S/C10H18N2O4S/c1-8(13)16-17(7-5-6-11-17)12-9(14)15-10(2,3)4/h5,7,11H,6H2,1-4H3,(H,12,14). The predicted molar refractivity (Wildman–Crippen MR) is 65.9 cm³/mol. The number of amides is 1. The largest absolute Gasteiger partial charge is 0.443 e. The average molecular weight is 262 g/mol. The molecule has 1 amide bonds. The van der Waals surface area contributed by atoms with E-state index in [1.54, 1.807) is 32.3 Å². The molecule has 98 valence electrons. The van der Waals surface area contributed by atoms with Gasteiger partial charge >= 0.3 is 12.1 Å². The maximum atomic E-state index is 11.6. The van der Waals surface area contributed by atoms with E-state index in [9.17, 15) is 9.59 Å². The van der Waals surface area contributed by atoms with Crippen molar-refractivity contribution in [1.82, 2.24) is 9.44 Å². The lowest BCUT2D eigenvalue weighted by atomic mass is 10.2. The highest BCUT2D eigenvalue weighted by atomic mass is 32.3. The van der Waals surface area contributed by atoms with E-state index in [1.807, 2.05) is 0 Å². The van der Waals surface area contributed by atoms with E-state index in [4.69, 9.17) is 8.92 Å². The first-order valence-electron chi connectivity index (χ1n) is 5.18. The number of ether oxygens (including phenoxy) is 1. The van der Waals surface area contributed by atoms with Gasteiger partial charge in [-0.15, -0.1) is 0 Å². The van der Waals surface area contributed by atoms with Gasteiger partial charge in [0.05, 0.1) is 10.7 Å². The lowest BCUT2D eigenvalue weighted by Gasteiger charge is -2.33. The van der Waals surface area contributed by atoms with Crippen molar-refractivity contribution in [3.63, 3.8) is 0 Å². The zero-order valence-corrected chi connectivity index (χ0v) is 11.2. The summed E-state index contributed by atoms with van der Waals surface area (Å²) in [6, 6.07) is 0. The summed E-state index contributed by atoms with van der Waals surface area (Å²) in [6.07, 6.45) is 1.17. The molecule has 0 bridgehead atoms. The fourth-order valence-corrected chi connectivity index (χ4v) is 2.92. The van der Waals surface area contributed by atoms with Crippen LogP contribution in [0.4, 0.5) is 4.79 Å². The topological polar surface area (TPSA) is 76.7 Å². The van der Waals surface area contributed by atoms with Crippen LogP contribution in [0.2, 0.25) is 0 Å². The third kappa shape index (κ3) is 4.66. The third-order valence-electron chi connectivity index (χ3n) is 1.59. The van der Waals surface area contributed by atoms with Gasteiger partial charge in [0, 0.05) is 18.9 Å².